The van der Waals surface area contributed by atoms with E-state index >= 15 is 0 Å². The number of nitrogens with zero attached hydrogens (tertiary/aromatic N) is 2. The van der Waals surface area contributed by atoms with Crippen molar-refractivity contribution in [3.63, 3.8) is 0 Å². The summed E-state index contributed by atoms with van der Waals surface area (Å²) in [6, 6.07) is 18.8. The molecule has 2 aromatic rings. The molecule has 1 fully saturated rings. The molecule has 118 valence electrons. The predicted molar refractivity (Wildman–Crippen MR) is 87.8 cm³/mol. The molecule has 0 aliphatic carbocycles. The zero-order valence-electron chi connectivity index (χ0n) is 13.2. The van der Waals surface area contributed by atoms with Crippen molar-refractivity contribution in [1.82, 2.24) is 9.80 Å². The molecule has 1 saturated heterocycles. The van der Waals surface area contributed by atoms with Gasteiger partial charge in [0, 0.05) is 32.2 Å². The van der Waals surface area contributed by atoms with Gasteiger partial charge in [0.1, 0.15) is 0 Å². The summed E-state index contributed by atoms with van der Waals surface area (Å²) in [7, 11) is 1.80. The lowest BCUT2D eigenvalue weighted by atomic mass is 9.85. The number of hydrogen-bond acceptors (Lipinski definition) is 3. The molecule has 4 nitrogen and oxygen atoms in total. The van der Waals surface area contributed by atoms with Gasteiger partial charge in [0.05, 0.1) is 6.54 Å². The van der Waals surface area contributed by atoms with Gasteiger partial charge in [0.2, 0.25) is 0 Å². The Labute approximate surface area is 136 Å². The molecule has 0 radical (unpaired) electrons. The van der Waals surface area contributed by atoms with Crippen molar-refractivity contribution in [2.75, 3.05) is 20.1 Å². The second kappa shape index (κ2) is 5.39. The Morgan fingerprint density at radius 2 is 1.78 bits per heavy atom. The molecule has 2 aliphatic heterocycles. The molecule has 4 heteroatoms. The van der Waals surface area contributed by atoms with E-state index in [1.54, 1.807) is 11.9 Å². The average molecular weight is 308 g/mol. The first-order chi connectivity index (χ1) is 11.2. The Morgan fingerprint density at radius 3 is 2.52 bits per heavy atom. The standard InChI is InChI=1S/C19H20N2O2/c1-20-13-19(23-18(20)22)14-21(11-15-7-3-2-4-8-15)12-16-9-5-6-10-17(16)19/h2-10H,11-14H2,1H3. The molecule has 2 heterocycles. The van der Waals surface area contributed by atoms with E-state index in [1.807, 2.05) is 12.1 Å². The first kappa shape index (κ1) is 14.3. The number of benzene rings is 2. The molecule has 0 bridgehead atoms. The number of fused-ring (bicyclic) bond motifs is 2. The highest BCUT2D eigenvalue weighted by atomic mass is 16.6. The Morgan fingerprint density at radius 1 is 1.04 bits per heavy atom. The molecular weight excluding hydrogens is 288 g/mol. The number of rotatable bonds is 2. The number of carbonyl (C=O) groups is 1. The van der Waals surface area contributed by atoms with Crippen molar-refractivity contribution in [2.45, 2.75) is 18.7 Å². The number of amides is 1. The average Bonchev–Trinajstić information content (AvgIpc) is 2.83. The van der Waals surface area contributed by atoms with Crippen LogP contribution < -0.4 is 0 Å². The fourth-order valence-corrected chi connectivity index (χ4v) is 3.75. The van der Waals surface area contributed by atoms with E-state index in [1.165, 1.54) is 11.1 Å². The summed E-state index contributed by atoms with van der Waals surface area (Å²) in [5.74, 6) is 0. The fourth-order valence-electron chi connectivity index (χ4n) is 3.75. The van der Waals surface area contributed by atoms with Crippen LogP contribution in [0.15, 0.2) is 54.6 Å². The van der Waals surface area contributed by atoms with E-state index in [4.69, 9.17) is 4.74 Å². The predicted octanol–water partition coefficient (Wildman–Crippen LogP) is 2.98. The summed E-state index contributed by atoms with van der Waals surface area (Å²) in [6.45, 7) is 3.08. The van der Waals surface area contributed by atoms with Gasteiger partial charge in [0.25, 0.3) is 0 Å². The van der Waals surface area contributed by atoms with Crippen molar-refractivity contribution in [3.8, 4) is 0 Å². The minimum absolute atomic E-state index is 0.235. The summed E-state index contributed by atoms with van der Waals surface area (Å²) in [4.78, 5) is 16.0. The second-order valence-corrected chi connectivity index (χ2v) is 6.51. The minimum Gasteiger partial charge on any atom is -0.435 e. The Hall–Kier alpha value is -2.33. The van der Waals surface area contributed by atoms with Gasteiger partial charge >= 0.3 is 6.09 Å². The summed E-state index contributed by atoms with van der Waals surface area (Å²) in [5, 5.41) is 0. The molecule has 0 saturated carbocycles. The van der Waals surface area contributed by atoms with E-state index in [0.717, 1.165) is 25.2 Å². The molecule has 2 aliphatic rings. The van der Waals surface area contributed by atoms with E-state index in [-0.39, 0.29) is 6.09 Å². The number of likely N-dealkylation sites (N-methyl/N-ethyl adjacent to an activating group) is 1. The lowest BCUT2D eigenvalue weighted by Gasteiger charge is -2.40. The molecule has 2 aromatic carbocycles. The van der Waals surface area contributed by atoms with Crippen molar-refractivity contribution >= 4 is 6.09 Å². The maximum absolute atomic E-state index is 12.0. The molecule has 1 spiro atoms. The van der Waals surface area contributed by atoms with Crippen LogP contribution in [-0.2, 0) is 23.4 Å². The van der Waals surface area contributed by atoms with Gasteiger partial charge < -0.3 is 9.64 Å². The van der Waals surface area contributed by atoms with Crippen LogP contribution in [0.2, 0.25) is 0 Å². The van der Waals surface area contributed by atoms with Gasteiger partial charge in [-0.2, -0.15) is 0 Å². The molecule has 1 unspecified atom stereocenters. The van der Waals surface area contributed by atoms with E-state index in [9.17, 15) is 4.79 Å². The van der Waals surface area contributed by atoms with Crippen LogP contribution >= 0.6 is 0 Å². The molecule has 23 heavy (non-hydrogen) atoms. The third kappa shape index (κ3) is 2.49. The third-order valence-electron chi connectivity index (χ3n) is 4.72. The molecule has 0 N–H and O–H groups in total. The number of ether oxygens (including phenoxy) is 1. The molecule has 1 atom stereocenters. The lowest BCUT2D eigenvalue weighted by Crippen LogP contribution is -2.47. The van der Waals surface area contributed by atoms with Crippen molar-refractivity contribution in [1.29, 1.82) is 0 Å². The van der Waals surface area contributed by atoms with Crippen LogP contribution in [0.1, 0.15) is 16.7 Å². The maximum atomic E-state index is 12.0. The van der Waals surface area contributed by atoms with Gasteiger partial charge in [-0.3, -0.25) is 4.90 Å². The zero-order valence-corrected chi connectivity index (χ0v) is 13.2. The highest BCUT2D eigenvalue weighted by molar-refractivity contribution is 5.71. The van der Waals surface area contributed by atoms with E-state index < -0.39 is 5.60 Å². The van der Waals surface area contributed by atoms with E-state index in [0.29, 0.717) is 6.54 Å². The second-order valence-electron chi connectivity index (χ2n) is 6.51. The third-order valence-corrected chi connectivity index (χ3v) is 4.72. The first-order valence-corrected chi connectivity index (χ1v) is 7.95. The smallest absolute Gasteiger partial charge is 0.410 e. The van der Waals surface area contributed by atoms with E-state index in [2.05, 4.69) is 47.4 Å². The first-order valence-electron chi connectivity index (χ1n) is 7.95. The van der Waals surface area contributed by atoms with Gasteiger partial charge in [-0.25, -0.2) is 4.79 Å². The highest BCUT2D eigenvalue weighted by Crippen LogP contribution is 2.39. The summed E-state index contributed by atoms with van der Waals surface area (Å²) in [5.41, 5.74) is 3.13. The number of hydrogen-bond donors (Lipinski definition) is 0. The molecule has 4 rings (SSSR count). The van der Waals surface area contributed by atoms with Gasteiger partial charge in [0.15, 0.2) is 5.60 Å². The zero-order chi connectivity index (χ0) is 15.9. The lowest BCUT2D eigenvalue weighted by molar-refractivity contribution is 0.00282. The van der Waals surface area contributed by atoms with Gasteiger partial charge in [-0.05, 0) is 11.1 Å². The summed E-state index contributed by atoms with van der Waals surface area (Å²) < 4.78 is 5.84. The minimum atomic E-state index is -0.546. The van der Waals surface area contributed by atoms with Crippen LogP contribution in [-0.4, -0.2) is 36.0 Å². The normalized spacial score (nSPS) is 23.9. The Balaban J connectivity index is 1.68. The quantitative estimate of drug-likeness (QED) is 0.855. The Bertz CT molecular complexity index is 731. The van der Waals surface area contributed by atoms with Gasteiger partial charge in [-0.1, -0.05) is 54.6 Å². The molecule has 1 amide bonds. The van der Waals surface area contributed by atoms with Crippen LogP contribution in [0, 0.1) is 0 Å². The van der Waals surface area contributed by atoms with Crippen molar-refractivity contribution in [2.24, 2.45) is 0 Å². The molecule has 0 aromatic heterocycles. The molecular formula is C19H20N2O2. The maximum Gasteiger partial charge on any atom is 0.410 e. The fraction of sp³-hybridized carbons (Fsp3) is 0.316. The topological polar surface area (TPSA) is 32.8 Å². The van der Waals surface area contributed by atoms with Crippen LogP contribution in [0.25, 0.3) is 0 Å². The van der Waals surface area contributed by atoms with Crippen LogP contribution in [0.4, 0.5) is 4.79 Å². The SMILES string of the molecule is CN1CC2(CN(Cc3ccccc3)Cc3ccccc32)OC1=O. The Kier molecular flexibility index (Phi) is 3.34. The van der Waals surface area contributed by atoms with Gasteiger partial charge in [-0.15, -0.1) is 0 Å². The van der Waals surface area contributed by atoms with Crippen molar-refractivity contribution < 1.29 is 9.53 Å². The summed E-state index contributed by atoms with van der Waals surface area (Å²) in [6.07, 6.45) is -0.235. The van der Waals surface area contributed by atoms with Crippen molar-refractivity contribution in [3.05, 3.63) is 71.3 Å². The largest absolute Gasteiger partial charge is 0.435 e. The monoisotopic (exact) mass is 308 g/mol. The van der Waals surface area contributed by atoms with Crippen LogP contribution in [0.5, 0.6) is 0 Å². The summed E-state index contributed by atoms with van der Waals surface area (Å²) >= 11 is 0. The van der Waals surface area contributed by atoms with Crippen LogP contribution in [0.3, 0.4) is 0 Å². The highest BCUT2D eigenvalue weighted by Gasteiger charge is 2.49. The number of carbonyl (C=O) groups excluding carboxylic acids is 1.